The summed E-state index contributed by atoms with van der Waals surface area (Å²) in [5, 5.41) is 3.90. The molecule has 2 unspecified atom stereocenters. The molecular formula is C14H18ClF2N. The van der Waals surface area contributed by atoms with Gasteiger partial charge in [0.1, 0.15) is 0 Å². The van der Waals surface area contributed by atoms with Gasteiger partial charge in [0.2, 0.25) is 5.92 Å². The molecule has 1 fully saturated rings. The minimum Gasteiger partial charge on any atom is -0.313 e. The Labute approximate surface area is 112 Å². The Morgan fingerprint density at radius 1 is 1.39 bits per heavy atom. The van der Waals surface area contributed by atoms with Crippen molar-refractivity contribution in [3.05, 3.63) is 34.9 Å². The van der Waals surface area contributed by atoms with Crippen LogP contribution in [0.3, 0.4) is 0 Å². The normalized spacial score (nSPS) is 24.1. The zero-order valence-corrected chi connectivity index (χ0v) is 11.2. The van der Waals surface area contributed by atoms with Crippen LogP contribution in [0.2, 0.25) is 5.02 Å². The van der Waals surface area contributed by atoms with Crippen LogP contribution in [0, 0.1) is 5.92 Å². The first-order valence-electron chi connectivity index (χ1n) is 6.31. The molecule has 0 aliphatic heterocycles. The molecule has 18 heavy (non-hydrogen) atoms. The molecule has 1 aliphatic rings. The van der Waals surface area contributed by atoms with E-state index in [2.05, 4.69) is 5.32 Å². The molecule has 4 heteroatoms. The number of hydrogen-bond donors (Lipinski definition) is 1. The minimum absolute atomic E-state index is 0.0266. The fourth-order valence-corrected chi connectivity index (χ4v) is 2.82. The average Bonchev–Trinajstić information content (AvgIpc) is 2.67. The molecule has 2 rings (SSSR count). The molecule has 1 aliphatic carbocycles. The van der Waals surface area contributed by atoms with Crippen LogP contribution in [0.15, 0.2) is 24.3 Å². The highest BCUT2D eigenvalue weighted by Gasteiger charge is 2.39. The van der Waals surface area contributed by atoms with Gasteiger partial charge in [-0.2, -0.15) is 0 Å². The largest absolute Gasteiger partial charge is 0.313 e. The van der Waals surface area contributed by atoms with E-state index < -0.39 is 5.92 Å². The Kier molecular flexibility index (Phi) is 4.23. The quantitative estimate of drug-likeness (QED) is 0.856. The second-order valence-electron chi connectivity index (χ2n) is 5.09. The number of benzene rings is 1. The van der Waals surface area contributed by atoms with Gasteiger partial charge in [0.05, 0.1) is 0 Å². The third kappa shape index (κ3) is 3.42. The average molecular weight is 274 g/mol. The molecule has 1 saturated carbocycles. The molecule has 0 saturated heterocycles. The first-order chi connectivity index (χ1) is 8.50. The molecule has 1 aromatic rings. The molecule has 0 radical (unpaired) electrons. The van der Waals surface area contributed by atoms with Gasteiger partial charge in [-0.1, -0.05) is 23.7 Å². The van der Waals surface area contributed by atoms with Gasteiger partial charge in [0, 0.05) is 23.9 Å². The fourth-order valence-electron chi connectivity index (χ4n) is 2.69. The first-order valence-corrected chi connectivity index (χ1v) is 6.68. The number of hydrogen-bond acceptors (Lipinski definition) is 1. The van der Waals surface area contributed by atoms with Crippen LogP contribution in [0.4, 0.5) is 8.78 Å². The predicted octanol–water partition coefficient (Wildman–Crippen LogP) is 4.43. The predicted molar refractivity (Wildman–Crippen MR) is 70.2 cm³/mol. The van der Waals surface area contributed by atoms with Crippen molar-refractivity contribution in [2.24, 2.45) is 5.92 Å². The Morgan fingerprint density at radius 3 is 2.56 bits per heavy atom. The van der Waals surface area contributed by atoms with E-state index in [1.54, 1.807) is 0 Å². The summed E-state index contributed by atoms with van der Waals surface area (Å²) in [6.07, 6.45) is 1.44. The molecule has 1 nitrogen and oxygen atoms in total. The SMILES string of the molecule is CNC(CC1CCC(F)(F)C1)c1ccc(Cl)cc1. The van der Waals surface area contributed by atoms with E-state index in [0.717, 1.165) is 12.0 Å². The van der Waals surface area contributed by atoms with Crippen LogP contribution in [-0.4, -0.2) is 13.0 Å². The minimum atomic E-state index is -2.46. The van der Waals surface area contributed by atoms with E-state index in [9.17, 15) is 8.78 Å². The highest BCUT2D eigenvalue weighted by atomic mass is 35.5. The van der Waals surface area contributed by atoms with E-state index in [4.69, 9.17) is 11.6 Å². The van der Waals surface area contributed by atoms with Crippen LogP contribution in [0.5, 0.6) is 0 Å². The molecular weight excluding hydrogens is 256 g/mol. The number of alkyl halides is 2. The summed E-state index contributed by atoms with van der Waals surface area (Å²) in [6.45, 7) is 0. The molecule has 1 aromatic carbocycles. The van der Waals surface area contributed by atoms with Crippen molar-refractivity contribution in [3.8, 4) is 0 Å². The summed E-state index contributed by atoms with van der Waals surface area (Å²) in [5.41, 5.74) is 1.11. The molecule has 0 bridgehead atoms. The third-order valence-corrected chi connectivity index (χ3v) is 3.95. The van der Waals surface area contributed by atoms with E-state index in [1.165, 1.54) is 0 Å². The van der Waals surface area contributed by atoms with E-state index in [0.29, 0.717) is 11.4 Å². The monoisotopic (exact) mass is 273 g/mol. The van der Waals surface area contributed by atoms with Gasteiger partial charge in [0.25, 0.3) is 0 Å². The lowest BCUT2D eigenvalue weighted by Gasteiger charge is -2.20. The highest BCUT2D eigenvalue weighted by molar-refractivity contribution is 6.30. The zero-order chi connectivity index (χ0) is 13.2. The molecule has 0 heterocycles. The van der Waals surface area contributed by atoms with Gasteiger partial charge >= 0.3 is 0 Å². The van der Waals surface area contributed by atoms with Gasteiger partial charge < -0.3 is 5.32 Å². The van der Waals surface area contributed by atoms with Crippen LogP contribution in [0.1, 0.15) is 37.3 Å². The van der Waals surface area contributed by atoms with Crippen LogP contribution in [-0.2, 0) is 0 Å². The first kappa shape index (κ1) is 13.8. The summed E-state index contributed by atoms with van der Waals surface area (Å²) < 4.78 is 26.3. The van der Waals surface area contributed by atoms with Gasteiger partial charge in [-0.3, -0.25) is 0 Å². The maximum Gasteiger partial charge on any atom is 0.248 e. The Balaban J connectivity index is 2.00. The van der Waals surface area contributed by atoms with E-state index >= 15 is 0 Å². The molecule has 2 atom stereocenters. The second kappa shape index (κ2) is 5.54. The Morgan fingerprint density at radius 2 is 2.06 bits per heavy atom. The van der Waals surface area contributed by atoms with Gasteiger partial charge in [-0.05, 0) is 43.5 Å². The second-order valence-corrected chi connectivity index (χ2v) is 5.53. The van der Waals surface area contributed by atoms with Crippen molar-refractivity contribution < 1.29 is 8.78 Å². The van der Waals surface area contributed by atoms with Crippen molar-refractivity contribution in [1.29, 1.82) is 0 Å². The lowest BCUT2D eigenvalue weighted by molar-refractivity contribution is 0.00433. The smallest absolute Gasteiger partial charge is 0.248 e. The number of halogens is 3. The lowest BCUT2D eigenvalue weighted by Crippen LogP contribution is -2.20. The number of nitrogens with one attached hydrogen (secondary N) is 1. The molecule has 0 spiro atoms. The Hall–Kier alpha value is -0.670. The van der Waals surface area contributed by atoms with Crippen molar-refractivity contribution in [1.82, 2.24) is 5.32 Å². The van der Waals surface area contributed by atoms with Crippen LogP contribution >= 0.6 is 11.6 Å². The van der Waals surface area contributed by atoms with E-state index in [1.807, 2.05) is 31.3 Å². The molecule has 0 amide bonds. The standard InChI is InChI=1S/C14H18ClF2N/c1-18-13(11-2-4-12(15)5-3-11)8-10-6-7-14(16,17)9-10/h2-5,10,13,18H,6-9H2,1H3. The maximum atomic E-state index is 13.2. The molecule has 1 N–H and O–H groups in total. The molecule has 100 valence electrons. The van der Waals surface area contributed by atoms with E-state index in [-0.39, 0.29) is 24.8 Å². The maximum absolute atomic E-state index is 13.2. The zero-order valence-electron chi connectivity index (χ0n) is 10.4. The van der Waals surface area contributed by atoms with Crippen molar-refractivity contribution in [3.63, 3.8) is 0 Å². The lowest BCUT2D eigenvalue weighted by atomic mass is 9.93. The van der Waals surface area contributed by atoms with Gasteiger partial charge in [-0.25, -0.2) is 8.78 Å². The van der Waals surface area contributed by atoms with Crippen LogP contribution < -0.4 is 5.32 Å². The topological polar surface area (TPSA) is 12.0 Å². The Bertz CT molecular complexity index is 391. The van der Waals surface area contributed by atoms with Crippen LogP contribution in [0.25, 0.3) is 0 Å². The summed E-state index contributed by atoms with van der Waals surface area (Å²) >= 11 is 5.85. The van der Waals surface area contributed by atoms with Gasteiger partial charge in [-0.15, -0.1) is 0 Å². The highest BCUT2D eigenvalue weighted by Crippen LogP contribution is 2.42. The summed E-state index contributed by atoms with van der Waals surface area (Å²) in [7, 11) is 1.87. The van der Waals surface area contributed by atoms with Crippen molar-refractivity contribution in [2.75, 3.05) is 7.05 Å². The molecule has 0 aromatic heterocycles. The number of rotatable bonds is 4. The van der Waals surface area contributed by atoms with Gasteiger partial charge in [0.15, 0.2) is 0 Å². The van der Waals surface area contributed by atoms with Crippen molar-refractivity contribution >= 4 is 11.6 Å². The summed E-state index contributed by atoms with van der Waals surface area (Å²) in [6, 6.07) is 7.71. The third-order valence-electron chi connectivity index (χ3n) is 3.70. The summed E-state index contributed by atoms with van der Waals surface area (Å²) in [5.74, 6) is -2.35. The fraction of sp³-hybridized carbons (Fsp3) is 0.571. The van der Waals surface area contributed by atoms with Crippen molar-refractivity contribution in [2.45, 2.75) is 37.6 Å². The summed E-state index contributed by atoms with van der Waals surface area (Å²) in [4.78, 5) is 0.